The molecule has 2 N–H and O–H groups in total. The Hall–Kier alpha value is -1.21. The number of nitrogens with one attached hydrogen (secondary N) is 1. The van der Waals surface area contributed by atoms with E-state index in [0.29, 0.717) is 0 Å². The number of fused-ring (bicyclic) bond motifs is 1. The molecule has 0 aromatic rings. The Morgan fingerprint density at radius 1 is 1.59 bits per heavy atom. The van der Waals surface area contributed by atoms with Crippen LogP contribution in [0.5, 0.6) is 0 Å². The molecular formula is C9H9ClN2O4S. The van der Waals surface area contributed by atoms with E-state index < -0.39 is 11.3 Å². The molecule has 0 aromatic carbocycles. The number of nitrogens with zero attached hydrogens (tertiary/aromatic N) is 1. The predicted octanol–water partition coefficient (Wildman–Crippen LogP) is 0.289. The van der Waals surface area contributed by atoms with Gasteiger partial charge in [-0.1, -0.05) is 11.6 Å². The highest BCUT2D eigenvalue weighted by atomic mass is 35.5. The first kappa shape index (κ1) is 12.3. The number of aliphatic carboxylic acids is 1. The van der Waals surface area contributed by atoms with Gasteiger partial charge >= 0.3 is 5.97 Å². The zero-order valence-corrected chi connectivity index (χ0v) is 10.3. The standard InChI is InChI=1S/C9H9ClN2O4S/c1-3(13)11-8-6(10)7(9(15)16)12-4(14)2-5(12)17-8/h5,8H,2H2,1H3,(H,11,13)(H,15,16)/t5-,8?/m1/s1. The molecule has 2 heterocycles. The van der Waals surface area contributed by atoms with Crippen molar-refractivity contribution in [1.82, 2.24) is 10.2 Å². The Bertz CT molecular complexity index is 450. The molecule has 0 saturated carbocycles. The number of halogens is 1. The molecular weight excluding hydrogens is 268 g/mol. The van der Waals surface area contributed by atoms with Crippen LogP contribution in [-0.4, -0.2) is 38.5 Å². The zero-order valence-electron chi connectivity index (χ0n) is 8.77. The van der Waals surface area contributed by atoms with E-state index >= 15 is 0 Å². The van der Waals surface area contributed by atoms with Crippen LogP contribution in [0.2, 0.25) is 0 Å². The molecule has 2 rings (SSSR count). The third kappa shape index (κ3) is 2.00. The molecule has 1 saturated heterocycles. The number of carboxylic acids is 1. The number of carboxylic acid groups (broad SMARTS) is 1. The van der Waals surface area contributed by atoms with Crippen molar-refractivity contribution in [3.05, 3.63) is 10.7 Å². The van der Waals surface area contributed by atoms with Gasteiger partial charge in [0.25, 0.3) is 0 Å². The molecule has 92 valence electrons. The van der Waals surface area contributed by atoms with Crippen molar-refractivity contribution in [2.45, 2.75) is 24.1 Å². The van der Waals surface area contributed by atoms with Crippen LogP contribution in [0.3, 0.4) is 0 Å². The smallest absolute Gasteiger partial charge is 0.353 e. The average molecular weight is 277 g/mol. The Balaban J connectivity index is 2.34. The maximum Gasteiger partial charge on any atom is 0.353 e. The molecule has 0 radical (unpaired) electrons. The summed E-state index contributed by atoms with van der Waals surface area (Å²) in [5.74, 6) is -1.83. The Morgan fingerprint density at radius 3 is 2.71 bits per heavy atom. The van der Waals surface area contributed by atoms with E-state index in [9.17, 15) is 14.4 Å². The zero-order chi connectivity index (χ0) is 12.7. The van der Waals surface area contributed by atoms with Gasteiger partial charge in [0, 0.05) is 6.92 Å². The van der Waals surface area contributed by atoms with Gasteiger partial charge < -0.3 is 10.4 Å². The van der Waals surface area contributed by atoms with Crippen LogP contribution in [0.1, 0.15) is 13.3 Å². The van der Waals surface area contributed by atoms with Gasteiger partial charge in [0.1, 0.15) is 11.1 Å². The van der Waals surface area contributed by atoms with Gasteiger partial charge in [-0.15, -0.1) is 11.8 Å². The third-order valence-corrected chi connectivity index (χ3v) is 4.28. The minimum absolute atomic E-state index is 0.0259. The summed E-state index contributed by atoms with van der Waals surface area (Å²) in [6.45, 7) is 1.32. The molecule has 8 heteroatoms. The average Bonchev–Trinajstić information content (AvgIpc) is 2.20. The minimum atomic E-state index is -1.26. The summed E-state index contributed by atoms with van der Waals surface area (Å²) in [7, 11) is 0. The van der Waals surface area contributed by atoms with E-state index in [-0.39, 0.29) is 34.3 Å². The van der Waals surface area contributed by atoms with Gasteiger partial charge in [0.15, 0.2) is 0 Å². The highest BCUT2D eigenvalue weighted by molar-refractivity contribution is 8.00. The van der Waals surface area contributed by atoms with Crippen LogP contribution in [0.25, 0.3) is 0 Å². The fourth-order valence-electron chi connectivity index (χ4n) is 1.71. The molecule has 1 unspecified atom stereocenters. The molecule has 2 aliphatic heterocycles. The molecule has 6 nitrogen and oxygen atoms in total. The molecule has 2 atom stereocenters. The fourth-order valence-corrected chi connectivity index (χ4v) is 3.45. The van der Waals surface area contributed by atoms with Crippen LogP contribution in [0, 0.1) is 0 Å². The summed E-state index contributed by atoms with van der Waals surface area (Å²) in [6.07, 6.45) is 0.266. The first-order valence-electron chi connectivity index (χ1n) is 4.79. The number of carbonyl (C=O) groups excluding carboxylic acids is 2. The lowest BCUT2D eigenvalue weighted by molar-refractivity contribution is -0.146. The summed E-state index contributed by atoms with van der Waals surface area (Å²) >= 11 is 7.18. The monoisotopic (exact) mass is 276 g/mol. The van der Waals surface area contributed by atoms with Crippen LogP contribution >= 0.6 is 23.4 Å². The van der Waals surface area contributed by atoms with E-state index in [4.69, 9.17) is 16.7 Å². The van der Waals surface area contributed by atoms with Crippen LogP contribution in [0.15, 0.2) is 10.7 Å². The first-order chi connectivity index (χ1) is 7.91. The highest BCUT2D eigenvalue weighted by Crippen LogP contribution is 2.44. The second kappa shape index (κ2) is 4.23. The summed E-state index contributed by atoms with van der Waals surface area (Å²) in [6, 6.07) is 0. The van der Waals surface area contributed by atoms with Crippen LogP contribution in [0.4, 0.5) is 0 Å². The van der Waals surface area contributed by atoms with Crippen molar-refractivity contribution < 1.29 is 19.5 Å². The lowest BCUT2D eigenvalue weighted by atomic mass is 10.1. The predicted molar refractivity (Wildman–Crippen MR) is 61.0 cm³/mol. The summed E-state index contributed by atoms with van der Waals surface area (Å²) in [4.78, 5) is 34.5. The van der Waals surface area contributed by atoms with Crippen molar-refractivity contribution in [3.8, 4) is 0 Å². The molecule has 0 aromatic heterocycles. The second-order valence-electron chi connectivity index (χ2n) is 3.64. The van der Waals surface area contributed by atoms with E-state index in [0.717, 1.165) is 4.90 Å². The van der Waals surface area contributed by atoms with E-state index in [2.05, 4.69) is 5.32 Å². The third-order valence-electron chi connectivity index (χ3n) is 2.43. The lowest BCUT2D eigenvalue weighted by Crippen LogP contribution is -2.56. The van der Waals surface area contributed by atoms with Crippen LogP contribution in [-0.2, 0) is 14.4 Å². The number of thioether (sulfide) groups is 1. The second-order valence-corrected chi connectivity index (χ2v) is 5.34. The number of hydrogen-bond donors (Lipinski definition) is 2. The van der Waals surface area contributed by atoms with Crippen molar-refractivity contribution in [2.75, 3.05) is 0 Å². The lowest BCUT2D eigenvalue weighted by Gasteiger charge is -2.45. The number of carbonyl (C=O) groups is 3. The van der Waals surface area contributed by atoms with E-state index in [1.165, 1.54) is 18.7 Å². The number of amides is 2. The molecule has 0 bridgehead atoms. The molecule has 0 spiro atoms. The topological polar surface area (TPSA) is 86.7 Å². The van der Waals surface area contributed by atoms with Crippen molar-refractivity contribution in [2.24, 2.45) is 0 Å². The van der Waals surface area contributed by atoms with Gasteiger partial charge in [-0.05, 0) is 0 Å². The largest absolute Gasteiger partial charge is 0.477 e. The summed E-state index contributed by atoms with van der Waals surface area (Å²) in [5, 5.41) is 10.7. The molecule has 2 aliphatic rings. The first-order valence-corrected chi connectivity index (χ1v) is 6.11. The van der Waals surface area contributed by atoms with Gasteiger partial charge in [-0.25, -0.2) is 4.79 Å². The van der Waals surface area contributed by atoms with Crippen molar-refractivity contribution in [3.63, 3.8) is 0 Å². The Morgan fingerprint density at radius 2 is 2.24 bits per heavy atom. The minimum Gasteiger partial charge on any atom is -0.477 e. The van der Waals surface area contributed by atoms with E-state index in [1.54, 1.807) is 0 Å². The normalized spacial score (nSPS) is 27.4. The summed E-state index contributed by atoms with van der Waals surface area (Å²) in [5.41, 5.74) is -0.231. The fraction of sp³-hybridized carbons (Fsp3) is 0.444. The Labute approximate surface area is 106 Å². The van der Waals surface area contributed by atoms with Gasteiger partial charge in [-0.2, -0.15) is 0 Å². The van der Waals surface area contributed by atoms with Crippen molar-refractivity contribution >= 4 is 41.1 Å². The number of β-lactam (4-membered cyclic amide) rings is 1. The number of rotatable bonds is 2. The molecule has 17 heavy (non-hydrogen) atoms. The molecule has 1 fully saturated rings. The van der Waals surface area contributed by atoms with Gasteiger partial charge in [-0.3, -0.25) is 14.5 Å². The SMILES string of the molecule is CC(=O)NC1S[C@@H]2CC(=O)N2C(C(=O)O)=C1Cl. The van der Waals surface area contributed by atoms with E-state index in [1.807, 2.05) is 0 Å². The quantitative estimate of drug-likeness (QED) is 0.708. The van der Waals surface area contributed by atoms with Gasteiger partial charge in [0.2, 0.25) is 11.8 Å². The Kier molecular flexibility index (Phi) is 3.05. The maximum absolute atomic E-state index is 11.3. The molecule has 2 amide bonds. The molecule has 0 aliphatic carbocycles. The van der Waals surface area contributed by atoms with Gasteiger partial charge in [0.05, 0.1) is 16.8 Å². The number of hydrogen-bond acceptors (Lipinski definition) is 4. The summed E-state index contributed by atoms with van der Waals surface area (Å²) < 4.78 is 0. The highest BCUT2D eigenvalue weighted by Gasteiger charge is 2.48. The maximum atomic E-state index is 11.3. The van der Waals surface area contributed by atoms with Crippen LogP contribution < -0.4 is 5.32 Å². The van der Waals surface area contributed by atoms with Crippen molar-refractivity contribution in [1.29, 1.82) is 0 Å².